The Kier molecular flexibility index (Phi) is 3.58. The van der Waals surface area contributed by atoms with Gasteiger partial charge in [0.05, 0.1) is 11.4 Å². The third-order valence-electron chi connectivity index (χ3n) is 2.10. The number of hydrogen-bond acceptors (Lipinski definition) is 5. The van der Waals surface area contributed by atoms with Crippen LogP contribution in [0.3, 0.4) is 0 Å². The van der Waals surface area contributed by atoms with Gasteiger partial charge in [-0.2, -0.15) is 0 Å². The summed E-state index contributed by atoms with van der Waals surface area (Å²) in [4.78, 5) is 8.22. The number of hydrogen-bond donors (Lipinski definition) is 1. The van der Waals surface area contributed by atoms with E-state index in [9.17, 15) is 0 Å². The number of nitrogens with zero attached hydrogens (tertiary/aromatic N) is 2. The predicted octanol–water partition coefficient (Wildman–Crippen LogP) is 2.17. The first-order chi connectivity index (χ1) is 7.79. The lowest BCUT2D eigenvalue weighted by Crippen LogP contribution is -2.08. The van der Waals surface area contributed by atoms with E-state index in [2.05, 4.69) is 9.97 Å². The Morgan fingerprint density at radius 1 is 1.44 bits per heavy atom. The molecule has 2 rings (SSSR count). The highest BCUT2D eigenvalue weighted by atomic mass is 32.2. The maximum atomic E-state index is 5.73. The van der Waals surface area contributed by atoms with Gasteiger partial charge >= 0.3 is 0 Å². The lowest BCUT2D eigenvalue weighted by atomic mass is 10.3. The number of thioether (sulfide) groups is 1. The zero-order chi connectivity index (χ0) is 11.4. The van der Waals surface area contributed by atoms with Crippen molar-refractivity contribution in [2.24, 2.45) is 5.73 Å². The summed E-state index contributed by atoms with van der Waals surface area (Å²) in [5.74, 6) is 1.78. The minimum absolute atomic E-state index is 0.0883. The molecule has 0 saturated heterocycles. The molecular weight excluding hydrogens is 222 g/mol. The molecule has 84 valence electrons. The first-order valence-electron chi connectivity index (χ1n) is 4.98. The van der Waals surface area contributed by atoms with E-state index in [0.717, 1.165) is 16.5 Å². The molecule has 2 N–H and O–H groups in total. The van der Waals surface area contributed by atoms with Crippen molar-refractivity contribution >= 4 is 11.8 Å². The molecule has 0 amide bonds. The molecule has 1 atom stereocenters. The molecule has 5 heteroatoms. The van der Waals surface area contributed by atoms with E-state index < -0.39 is 0 Å². The van der Waals surface area contributed by atoms with E-state index in [-0.39, 0.29) is 5.25 Å². The molecule has 0 radical (unpaired) electrons. The van der Waals surface area contributed by atoms with Crippen molar-refractivity contribution in [3.8, 4) is 0 Å². The number of furan rings is 1. The number of aromatic nitrogens is 2. The van der Waals surface area contributed by atoms with Gasteiger partial charge in [-0.1, -0.05) is 11.8 Å². The lowest BCUT2D eigenvalue weighted by Gasteiger charge is -2.10. The van der Waals surface area contributed by atoms with Gasteiger partial charge < -0.3 is 10.2 Å². The van der Waals surface area contributed by atoms with E-state index in [1.54, 1.807) is 30.4 Å². The second-order valence-electron chi connectivity index (χ2n) is 3.33. The summed E-state index contributed by atoms with van der Waals surface area (Å²) in [6.07, 6.45) is 5.05. The fraction of sp³-hybridized carbons (Fsp3) is 0.273. The summed E-state index contributed by atoms with van der Waals surface area (Å²) in [7, 11) is 0. The van der Waals surface area contributed by atoms with Gasteiger partial charge in [-0.15, -0.1) is 0 Å². The van der Waals surface area contributed by atoms with Crippen LogP contribution in [0.5, 0.6) is 0 Å². The van der Waals surface area contributed by atoms with Gasteiger partial charge in [0.15, 0.2) is 0 Å². The van der Waals surface area contributed by atoms with Gasteiger partial charge in [0.2, 0.25) is 0 Å². The summed E-state index contributed by atoms with van der Waals surface area (Å²) >= 11 is 1.56. The van der Waals surface area contributed by atoms with Gasteiger partial charge in [-0.3, -0.25) is 4.98 Å². The summed E-state index contributed by atoms with van der Waals surface area (Å²) < 4.78 is 5.56. The Bertz CT molecular complexity index is 444. The number of rotatable bonds is 4. The Morgan fingerprint density at radius 2 is 2.31 bits per heavy atom. The molecule has 1 unspecified atom stereocenters. The SMILES string of the molecule is Cc1ccc(C(CN)Sc2cnccn2)o1. The normalized spacial score (nSPS) is 12.6. The van der Waals surface area contributed by atoms with Crippen LogP contribution in [-0.4, -0.2) is 16.5 Å². The molecule has 0 aliphatic carbocycles. The molecule has 0 aliphatic rings. The van der Waals surface area contributed by atoms with Gasteiger partial charge in [-0.25, -0.2) is 4.98 Å². The van der Waals surface area contributed by atoms with E-state index in [1.165, 1.54) is 0 Å². The zero-order valence-electron chi connectivity index (χ0n) is 8.96. The first-order valence-corrected chi connectivity index (χ1v) is 5.86. The Balaban J connectivity index is 2.12. The fourth-order valence-electron chi connectivity index (χ4n) is 1.34. The molecule has 2 aromatic heterocycles. The molecule has 2 aromatic rings. The van der Waals surface area contributed by atoms with Crippen LogP contribution in [0.4, 0.5) is 0 Å². The highest BCUT2D eigenvalue weighted by Gasteiger charge is 2.15. The number of aryl methyl sites for hydroxylation is 1. The molecule has 0 aliphatic heterocycles. The van der Waals surface area contributed by atoms with Crippen LogP contribution in [0.15, 0.2) is 40.2 Å². The second kappa shape index (κ2) is 5.14. The predicted molar refractivity (Wildman–Crippen MR) is 63.1 cm³/mol. The van der Waals surface area contributed by atoms with Crippen LogP contribution in [0.1, 0.15) is 16.8 Å². The van der Waals surface area contributed by atoms with Crippen LogP contribution in [-0.2, 0) is 0 Å². The minimum atomic E-state index is 0.0883. The Labute approximate surface area is 98.3 Å². The molecule has 4 nitrogen and oxygen atoms in total. The third-order valence-corrected chi connectivity index (χ3v) is 3.26. The van der Waals surface area contributed by atoms with Crippen molar-refractivity contribution in [3.05, 3.63) is 42.2 Å². The highest BCUT2D eigenvalue weighted by Crippen LogP contribution is 2.33. The maximum Gasteiger partial charge on any atom is 0.118 e. The molecule has 16 heavy (non-hydrogen) atoms. The van der Waals surface area contributed by atoms with E-state index >= 15 is 0 Å². The highest BCUT2D eigenvalue weighted by molar-refractivity contribution is 7.99. The molecule has 0 saturated carbocycles. The summed E-state index contributed by atoms with van der Waals surface area (Å²) in [6.45, 7) is 2.43. The maximum absolute atomic E-state index is 5.73. The summed E-state index contributed by atoms with van der Waals surface area (Å²) in [6, 6.07) is 3.89. The average molecular weight is 235 g/mol. The smallest absolute Gasteiger partial charge is 0.118 e. The lowest BCUT2D eigenvalue weighted by molar-refractivity contribution is 0.481. The third kappa shape index (κ3) is 2.62. The van der Waals surface area contributed by atoms with E-state index in [0.29, 0.717) is 6.54 Å². The van der Waals surface area contributed by atoms with Crippen LogP contribution in [0.25, 0.3) is 0 Å². The van der Waals surface area contributed by atoms with Gasteiger partial charge in [0.1, 0.15) is 16.5 Å². The van der Waals surface area contributed by atoms with Crippen molar-refractivity contribution in [2.45, 2.75) is 17.2 Å². The average Bonchev–Trinajstić information content (AvgIpc) is 2.74. The van der Waals surface area contributed by atoms with Crippen molar-refractivity contribution in [1.82, 2.24) is 9.97 Å². The van der Waals surface area contributed by atoms with Crippen LogP contribution < -0.4 is 5.73 Å². The summed E-state index contributed by atoms with van der Waals surface area (Å²) in [5, 5.41) is 0.942. The molecule has 0 fully saturated rings. The van der Waals surface area contributed by atoms with Crippen molar-refractivity contribution in [1.29, 1.82) is 0 Å². The topological polar surface area (TPSA) is 64.9 Å². The van der Waals surface area contributed by atoms with Crippen molar-refractivity contribution in [3.63, 3.8) is 0 Å². The molecular formula is C11H13N3OS. The Hall–Kier alpha value is -1.33. The van der Waals surface area contributed by atoms with Crippen LogP contribution >= 0.6 is 11.8 Å². The summed E-state index contributed by atoms with van der Waals surface area (Å²) in [5.41, 5.74) is 5.73. The minimum Gasteiger partial charge on any atom is -0.465 e. The second-order valence-corrected chi connectivity index (χ2v) is 4.56. The van der Waals surface area contributed by atoms with E-state index in [4.69, 9.17) is 10.2 Å². The van der Waals surface area contributed by atoms with Gasteiger partial charge in [-0.05, 0) is 19.1 Å². The molecule has 0 spiro atoms. The number of nitrogens with two attached hydrogens (primary N) is 1. The zero-order valence-corrected chi connectivity index (χ0v) is 9.78. The standard InChI is InChI=1S/C11H13N3OS/c1-8-2-3-9(15-8)10(6-12)16-11-7-13-4-5-14-11/h2-5,7,10H,6,12H2,1H3. The Morgan fingerprint density at radius 3 is 2.88 bits per heavy atom. The first kappa shape index (κ1) is 11.2. The molecule has 2 heterocycles. The fourth-order valence-corrected chi connectivity index (χ4v) is 2.21. The van der Waals surface area contributed by atoms with E-state index in [1.807, 2.05) is 19.1 Å². The molecule has 0 bridgehead atoms. The van der Waals surface area contributed by atoms with Gasteiger partial charge in [0, 0.05) is 18.9 Å². The monoisotopic (exact) mass is 235 g/mol. The molecule has 0 aromatic carbocycles. The van der Waals surface area contributed by atoms with Crippen molar-refractivity contribution < 1.29 is 4.42 Å². The van der Waals surface area contributed by atoms with Gasteiger partial charge in [0.25, 0.3) is 0 Å². The van der Waals surface area contributed by atoms with Crippen LogP contribution in [0.2, 0.25) is 0 Å². The largest absolute Gasteiger partial charge is 0.465 e. The quantitative estimate of drug-likeness (QED) is 0.823. The van der Waals surface area contributed by atoms with Crippen LogP contribution in [0, 0.1) is 6.92 Å². The van der Waals surface area contributed by atoms with Crippen molar-refractivity contribution in [2.75, 3.05) is 6.54 Å².